The van der Waals surface area contributed by atoms with Crippen molar-refractivity contribution in [2.45, 2.75) is 70.8 Å². The molecule has 1 aliphatic carbocycles. The summed E-state index contributed by atoms with van der Waals surface area (Å²) in [5, 5.41) is 3.23. The number of hydrogen-bond acceptors (Lipinski definition) is 3. The quantitative estimate of drug-likeness (QED) is 0.724. The van der Waals surface area contributed by atoms with Crippen molar-refractivity contribution in [1.82, 2.24) is 10.2 Å². The number of ether oxygens (including phenoxy) is 1. The van der Waals surface area contributed by atoms with E-state index < -0.39 is 0 Å². The van der Waals surface area contributed by atoms with Gasteiger partial charge in [-0.2, -0.15) is 0 Å². The smallest absolute Gasteiger partial charge is 0.223 e. The number of amides is 2. The van der Waals surface area contributed by atoms with Gasteiger partial charge < -0.3 is 15.0 Å². The van der Waals surface area contributed by atoms with Crippen LogP contribution < -0.4 is 10.1 Å². The first-order valence-electron chi connectivity index (χ1n) is 10.9. The molecule has 154 valence electrons. The Kier molecular flexibility index (Phi) is 7.75. The maximum absolute atomic E-state index is 12.4. The second kappa shape index (κ2) is 10.5. The van der Waals surface area contributed by atoms with E-state index in [4.69, 9.17) is 4.74 Å². The lowest BCUT2D eigenvalue weighted by molar-refractivity contribution is -0.132. The molecule has 2 fully saturated rings. The molecule has 3 rings (SSSR count). The average molecular weight is 387 g/mol. The molecule has 2 amide bonds. The van der Waals surface area contributed by atoms with Crippen LogP contribution in [0.15, 0.2) is 24.3 Å². The first-order valence-corrected chi connectivity index (χ1v) is 10.9. The van der Waals surface area contributed by atoms with Crippen LogP contribution in [0.3, 0.4) is 0 Å². The first-order chi connectivity index (χ1) is 13.6. The summed E-state index contributed by atoms with van der Waals surface area (Å²) in [4.78, 5) is 26.8. The van der Waals surface area contributed by atoms with Crippen LogP contribution in [-0.2, 0) is 9.59 Å². The summed E-state index contributed by atoms with van der Waals surface area (Å²) >= 11 is 0. The highest BCUT2D eigenvalue weighted by atomic mass is 16.5. The minimum Gasteiger partial charge on any atom is -0.494 e. The standard InChI is InChI=1S/C23H34N2O3/c1-18-7-5-10-21(17-18)28-16-6-11-22(26)25-14-12-20(13-15-25)24-23(27)19-8-3-2-4-9-19/h5,7,10,17,19-20H,2-4,6,8-9,11-16H2,1H3,(H,24,27). The number of hydrogen-bond donors (Lipinski definition) is 1. The van der Waals surface area contributed by atoms with Gasteiger partial charge in [-0.15, -0.1) is 0 Å². The van der Waals surface area contributed by atoms with Gasteiger partial charge in [-0.05, 0) is 56.7 Å². The molecule has 1 saturated heterocycles. The monoisotopic (exact) mass is 386 g/mol. The van der Waals surface area contributed by atoms with E-state index in [1.54, 1.807) is 0 Å². The van der Waals surface area contributed by atoms with Gasteiger partial charge in [0.2, 0.25) is 11.8 Å². The minimum atomic E-state index is 0.199. The Balaban J connectivity index is 1.30. The second-order valence-corrected chi connectivity index (χ2v) is 8.27. The van der Waals surface area contributed by atoms with Gasteiger partial charge in [-0.3, -0.25) is 9.59 Å². The molecule has 1 aliphatic heterocycles. The molecule has 0 bridgehead atoms. The molecule has 0 radical (unpaired) electrons. The lowest BCUT2D eigenvalue weighted by Gasteiger charge is -2.33. The highest BCUT2D eigenvalue weighted by Gasteiger charge is 2.27. The zero-order valence-corrected chi connectivity index (χ0v) is 17.1. The molecule has 1 N–H and O–H groups in total. The number of aryl methyl sites for hydroxylation is 1. The van der Waals surface area contributed by atoms with E-state index in [2.05, 4.69) is 5.32 Å². The molecule has 1 saturated carbocycles. The van der Waals surface area contributed by atoms with Crippen LogP contribution in [0.2, 0.25) is 0 Å². The molecule has 2 aliphatic rings. The summed E-state index contributed by atoms with van der Waals surface area (Å²) in [6.07, 6.45) is 8.67. The summed E-state index contributed by atoms with van der Waals surface area (Å²) in [5.41, 5.74) is 1.17. The van der Waals surface area contributed by atoms with Gasteiger partial charge >= 0.3 is 0 Å². The van der Waals surface area contributed by atoms with E-state index >= 15 is 0 Å². The molecule has 0 spiro atoms. The molecule has 28 heavy (non-hydrogen) atoms. The predicted octanol–water partition coefficient (Wildman–Crippen LogP) is 3.84. The third kappa shape index (κ3) is 6.25. The number of carbonyl (C=O) groups excluding carboxylic acids is 2. The average Bonchev–Trinajstić information content (AvgIpc) is 2.72. The van der Waals surface area contributed by atoms with E-state index in [1.165, 1.54) is 24.8 Å². The SMILES string of the molecule is Cc1cccc(OCCCC(=O)N2CCC(NC(=O)C3CCCCC3)CC2)c1. The van der Waals surface area contributed by atoms with Crippen LogP contribution in [0.4, 0.5) is 0 Å². The van der Waals surface area contributed by atoms with Crippen molar-refractivity contribution >= 4 is 11.8 Å². The lowest BCUT2D eigenvalue weighted by atomic mass is 9.88. The second-order valence-electron chi connectivity index (χ2n) is 8.27. The van der Waals surface area contributed by atoms with Gasteiger partial charge in [0.15, 0.2) is 0 Å². The highest BCUT2D eigenvalue weighted by Crippen LogP contribution is 2.24. The topological polar surface area (TPSA) is 58.6 Å². The summed E-state index contributed by atoms with van der Waals surface area (Å²) in [7, 11) is 0. The van der Waals surface area contributed by atoms with Crippen LogP contribution in [0.5, 0.6) is 5.75 Å². The predicted molar refractivity (Wildman–Crippen MR) is 110 cm³/mol. The van der Waals surface area contributed by atoms with Crippen molar-refractivity contribution in [3.05, 3.63) is 29.8 Å². The maximum atomic E-state index is 12.4. The molecule has 0 aromatic heterocycles. The van der Waals surface area contributed by atoms with Crippen LogP contribution in [0.1, 0.15) is 63.4 Å². The van der Waals surface area contributed by atoms with Gasteiger partial charge in [0.05, 0.1) is 6.61 Å². The third-order valence-corrected chi connectivity index (χ3v) is 5.96. The molecule has 1 aromatic rings. The molecular formula is C23H34N2O3. The third-order valence-electron chi connectivity index (χ3n) is 5.96. The fourth-order valence-corrected chi connectivity index (χ4v) is 4.23. The van der Waals surface area contributed by atoms with Crippen molar-refractivity contribution in [2.24, 2.45) is 5.92 Å². The van der Waals surface area contributed by atoms with Crippen molar-refractivity contribution in [3.63, 3.8) is 0 Å². The van der Waals surface area contributed by atoms with E-state index in [9.17, 15) is 9.59 Å². The molecule has 1 aromatic carbocycles. The number of nitrogens with zero attached hydrogens (tertiary/aromatic N) is 1. The Bertz CT molecular complexity index is 647. The summed E-state index contributed by atoms with van der Waals surface area (Å²) in [6, 6.07) is 8.20. The summed E-state index contributed by atoms with van der Waals surface area (Å²) in [6.45, 7) is 4.08. The molecule has 0 atom stereocenters. The van der Waals surface area contributed by atoms with E-state index in [0.29, 0.717) is 13.0 Å². The van der Waals surface area contributed by atoms with Crippen molar-refractivity contribution in [3.8, 4) is 5.75 Å². The number of nitrogens with one attached hydrogen (secondary N) is 1. The summed E-state index contributed by atoms with van der Waals surface area (Å²) < 4.78 is 5.72. The van der Waals surface area contributed by atoms with E-state index in [-0.39, 0.29) is 23.8 Å². The minimum absolute atomic E-state index is 0.199. The first kappa shape index (κ1) is 20.7. The molecular weight excluding hydrogens is 352 g/mol. The zero-order valence-electron chi connectivity index (χ0n) is 17.1. The van der Waals surface area contributed by atoms with Crippen molar-refractivity contribution < 1.29 is 14.3 Å². The van der Waals surface area contributed by atoms with Crippen LogP contribution in [0, 0.1) is 12.8 Å². The van der Waals surface area contributed by atoms with E-state index in [1.807, 2.05) is 36.1 Å². The molecule has 1 heterocycles. The van der Waals surface area contributed by atoms with Crippen LogP contribution in [0.25, 0.3) is 0 Å². The number of benzene rings is 1. The van der Waals surface area contributed by atoms with E-state index in [0.717, 1.165) is 50.9 Å². The van der Waals surface area contributed by atoms with Gasteiger partial charge in [0, 0.05) is 31.5 Å². The Labute approximate surface area is 168 Å². The number of piperidine rings is 1. The van der Waals surface area contributed by atoms with Gasteiger partial charge in [0.25, 0.3) is 0 Å². The maximum Gasteiger partial charge on any atom is 0.223 e. The van der Waals surface area contributed by atoms with Crippen LogP contribution >= 0.6 is 0 Å². The normalized spacial score (nSPS) is 18.7. The molecule has 5 heteroatoms. The van der Waals surface area contributed by atoms with Gasteiger partial charge in [-0.25, -0.2) is 0 Å². The van der Waals surface area contributed by atoms with Crippen molar-refractivity contribution in [2.75, 3.05) is 19.7 Å². The number of rotatable bonds is 7. The Morgan fingerprint density at radius 2 is 1.86 bits per heavy atom. The zero-order chi connectivity index (χ0) is 19.8. The van der Waals surface area contributed by atoms with Gasteiger partial charge in [-0.1, -0.05) is 31.4 Å². The Morgan fingerprint density at radius 3 is 2.57 bits per heavy atom. The fraction of sp³-hybridized carbons (Fsp3) is 0.652. The largest absolute Gasteiger partial charge is 0.494 e. The molecule has 5 nitrogen and oxygen atoms in total. The number of carbonyl (C=O) groups is 2. The Hall–Kier alpha value is -2.04. The van der Waals surface area contributed by atoms with Crippen LogP contribution in [-0.4, -0.2) is 42.5 Å². The fourth-order valence-electron chi connectivity index (χ4n) is 4.23. The number of likely N-dealkylation sites (tertiary alicyclic amines) is 1. The highest BCUT2D eigenvalue weighted by molar-refractivity contribution is 5.79. The lowest BCUT2D eigenvalue weighted by Crippen LogP contribution is -2.48. The van der Waals surface area contributed by atoms with Crippen molar-refractivity contribution in [1.29, 1.82) is 0 Å². The van der Waals surface area contributed by atoms with Gasteiger partial charge in [0.1, 0.15) is 5.75 Å². The molecule has 0 unspecified atom stereocenters. The Morgan fingerprint density at radius 1 is 1.11 bits per heavy atom. The summed E-state index contributed by atoms with van der Waals surface area (Å²) in [5.74, 6) is 1.51.